The molecule has 2 aromatic rings. The van der Waals surface area contributed by atoms with Crippen LogP contribution in [0.4, 0.5) is 5.69 Å². The van der Waals surface area contributed by atoms with Gasteiger partial charge in [-0.25, -0.2) is 0 Å². The van der Waals surface area contributed by atoms with Crippen LogP contribution in [0.2, 0.25) is 5.02 Å². The highest BCUT2D eigenvalue weighted by Gasteiger charge is 2.11. The van der Waals surface area contributed by atoms with Gasteiger partial charge in [-0.05, 0) is 52.7 Å². The van der Waals surface area contributed by atoms with Crippen LogP contribution in [-0.2, 0) is 0 Å². The van der Waals surface area contributed by atoms with E-state index in [1.807, 2.05) is 13.0 Å². The van der Waals surface area contributed by atoms with Crippen LogP contribution < -0.4 is 11.1 Å². The van der Waals surface area contributed by atoms with Crippen molar-refractivity contribution in [1.29, 1.82) is 0 Å². The second kappa shape index (κ2) is 6.56. The lowest BCUT2D eigenvalue weighted by atomic mass is 10.1. The van der Waals surface area contributed by atoms with Gasteiger partial charge < -0.3 is 11.1 Å². The van der Waals surface area contributed by atoms with Crippen molar-refractivity contribution in [3.05, 3.63) is 62.6 Å². The molecule has 6 heteroatoms. The van der Waals surface area contributed by atoms with Crippen LogP contribution in [0, 0.1) is 6.92 Å². The van der Waals surface area contributed by atoms with Crippen molar-refractivity contribution in [3.8, 4) is 0 Å². The number of hydrogen-bond donors (Lipinski definition) is 2. The number of rotatable bonds is 3. The molecule has 3 nitrogen and oxygen atoms in total. The summed E-state index contributed by atoms with van der Waals surface area (Å²) >= 11 is 14.4. The van der Waals surface area contributed by atoms with Crippen molar-refractivity contribution in [3.63, 3.8) is 0 Å². The predicted octanol–water partition coefficient (Wildman–Crippen LogP) is 4.30. The van der Waals surface area contributed by atoms with Crippen LogP contribution >= 0.6 is 39.7 Å². The van der Waals surface area contributed by atoms with Crippen molar-refractivity contribution in [1.82, 2.24) is 0 Å². The highest BCUT2D eigenvalue weighted by Crippen LogP contribution is 2.29. The first-order valence-corrected chi connectivity index (χ1v) is 7.63. The second-order valence-corrected chi connectivity index (χ2v) is 6.18. The zero-order valence-corrected chi connectivity index (χ0v) is 14.3. The van der Waals surface area contributed by atoms with Crippen LogP contribution in [0.3, 0.4) is 0 Å². The van der Waals surface area contributed by atoms with Crippen molar-refractivity contribution in [2.75, 3.05) is 5.32 Å². The van der Waals surface area contributed by atoms with E-state index < -0.39 is 0 Å². The Bertz CT molecular complexity index is 734. The van der Waals surface area contributed by atoms with Gasteiger partial charge in [0.1, 0.15) is 4.99 Å². The van der Waals surface area contributed by atoms with E-state index in [0.717, 1.165) is 10.0 Å². The molecular formula is C15H12BrClN2OS. The molecule has 1 amide bonds. The molecule has 0 fully saturated rings. The van der Waals surface area contributed by atoms with Crippen LogP contribution in [0.15, 0.2) is 40.9 Å². The van der Waals surface area contributed by atoms with E-state index in [4.69, 9.17) is 29.6 Å². The summed E-state index contributed by atoms with van der Waals surface area (Å²) in [6, 6.07) is 10.4. The van der Waals surface area contributed by atoms with Gasteiger partial charge in [-0.3, -0.25) is 4.79 Å². The van der Waals surface area contributed by atoms with Crippen molar-refractivity contribution in [2.45, 2.75) is 6.92 Å². The Morgan fingerprint density at radius 1 is 1.29 bits per heavy atom. The topological polar surface area (TPSA) is 55.1 Å². The highest BCUT2D eigenvalue weighted by molar-refractivity contribution is 9.10. The number of carbonyl (C=O) groups is 1. The molecule has 0 aliphatic heterocycles. The minimum absolute atomic E-state index is 0.254. The molecule has 0 spiro atoms. The number of hydrogen-bond acceptors (Lipinski definition) is 2. The number of carbonyl (C=O) groups excluding carboxylic acids is 1. The normalized spacial score (nSPS) is 10.2. The number of thiocarbonyl (C=S) groups is 1. The predicted molar refractivity (Wildman–Crippen MR) is 94.2 cm³/mol. The first-order valence-electron chi connectivity index (χ1n) is 6.05. The molecule has 2 aromatic carbocycles. The van der Waals surface area contributed by atoms with E-state index in [9.17, 15) is 4.79 Å². The lowest BCUT2D eigenvalue weighted by Gasteiger charge is -2.10. The molecule has 0 saturated heterocycles. The van der Waals surface area contributed by atoms with Gasteiger partial charge in [0, 0.05) is 20.6 Å². The Morgan fingerprint density at radius 2 is 1.95 bits per heavy atom. The monoisotopic (exact) mass is 382 g/mol. The summed E-state index contributed by atoms with van der Waals surface area (Å²) in [4.78, 5) is 12.5. The summed E-state index contributed by atoms with van der Waals surface area (Å²) in [5, 5.41) is 3.39. The van der Waals surface area contributed by atoms with Gasteiger partial charge in [0.05, 0.1) is 5.69 Å². The maximum Gasteiger partial charge on any atom is 0.255 e. The van der Waals surface area contributed by atoms with Crippen LogP contribution in [0.1, 0.15) is 21.5 Å². The third-order valence-electron chi connectivity index (χ3n) is 2.91. The Hall–Kier alpha value is -1.43. The van der Waals surface area contributed by atoms with E-state index >= 15 is 0 Å². The van der Waals surface area contributed by atoms with Crippen LogP contribution in [0.5, 0.6) is 0 Å². The van der Waals surface area contributed by atoms with Gasteiger partial charge in [-0.1, -0.05) is 36.0 Å². The number of benzene rings is 2. The zero-order valence-electron chi connectivity index (χ0n) is 11.1. The Morgan fingerprint density at radius 3 is 2.62 bits per heavy atom. The summed E-state index contributed by atoms with van der Waals surface area (Å²) in [6.45, 7) is 1.89. The fraction of sp³-hybridized carbons (Fsp3) is 0.0667. The molecule has 21 heavy (non-hydrogen) atoms. The Balaban J connectivity index is 2.28. The zero-order chi connectivity index (χ0) is 15.6. The molecule has 0 radical (unpaired) electrons. The lowest BCUT2D eigenvalue weighted by molar-refractivity contribution is 0.102. The maximum atomic E-state index is 12.3. The quantitative estimate of drug-likeness (QED) is 0.777. The minimum atomic E-state index is -0.256. The average molecular weight is 384 g/mol. The molecule has 0 aliphatic carbocycles. The summed E-state index contributed by atoms with van der Waals surface area (Å²) in [7, 11) is 0. The summed E-state index contributed by atoms with van der Waals surface area (Å²) in [6.07, 6.45) is 0. The summed E-state index contributed by atoms with van der Waals surface area (Å²) in [5.41, 5.74) is 8.23. The van der Waals surface area contributed by atoms with Gasteiger partial charge in [0.15, 0.2) is 0 Å². The molecule has 3 N–H and O–H groups in total. The third kappa shape index (κ3) is 3.81. The Kier molecular flexibility index (Phi) is 4.98. The molecule has 0 unspecified atom stereocenters. The number of anilines is 1. The first-order chi connectivity index (χ1) is 9.88. The molecule has 0 aliphatic rings. The standard InChI is InChI=1S/C15H12BrClN2OS/c1-8-5-11(16)13(7-12(8)17)19-15(20)10-4-2-3-9(6-10)14(18)21/h2-7H,1H3,(H2,18,21)(H,19,20). The SMILES string of the molecule is Cc1cc(Br)c(NC(=O)c2cccc(C(N)=S)c2)cc1Cl. The summed E-state index contributed by atoms with van der Waals surface area (Å²) in [5.74, 6) is -0.256. The van der Waals surface area contributed by atoms with Gasteiger partial charge in [-0.15, -0.1) is 0 Å². The minimum Gasteiger partial charge on any atom is -0.389 e. The van der Waals surface area contributed by atoms with Crippen molar-refractivity contribution >= 4 is 56.3 Å². The van der Waals surface area contributed by atoms with Crippen LogP contribution in [-0.4, -0.2) is 10.9 Å². The molecule has 0 saturated carbocycles. The van der Waals surface area contributed by atoms with Crippen molar-refractivity contribution in [2.24, 2.45) is 5.73 Å². The van der Waals surface area contributed by atoms with E-state index in [1.165, 1.54) is 0 Å². The molecule has 0 aromatic heterocycles. The summed E-state index contributed by atoms with van der Waals surface area (Å²) < 4.78 is 0.767. The van der Waals surface area contributed by atoms with Crippen LogP contribution in [0.25, 0.3) is 0 Å². The van der Waals surface area contributed by atoms with E-state index in [0.29, 0.717) is 21.8 Å². The van der Waals surface area contributed by atoms with E-state index in [2.05, 4.69) is 21.2 Å². The van der Waals surface area contributed by atoms with Gasteiger partial charge in [0.2, 0.25) is 0 Å². The fourth-order valence-electron chi connectivity index (χ4n) is 1.75. The third-order valence-corrected chi connectivity index (χ3v) is 4.20. The highest BCUT2D eigenvalue weighted by atomic mass is 79.9. The van der Waals surface area contributed by atoms with Crippen molar-refractivity contribution < 1.29 is 4.79 Å². The molecule has 108 valence electrons. The number of amides is 1. The van der Waals surface area contributed by atoms with Gasteiger partial charge >= 0.3 is 0 Å². The molecular weight excluding hydrogens is 372 g/mol. The maximum absolute atomic E-state index is 12.3. The number of halogens is 2. The fourth-order valence-corrected chi connectivity index (χ4v) is 2.60. The Labute approximate surface area is 141 Å². The number of aryl methyl sites for hydroxylation is 1. The first kappa shape index (κ1) is 15.9. The molecule has 0 atom stereocenters. The number of nitrogens with two attached hydrogens (primary N) is 1. The van der Waals surface area contributed by atoms with E-state index in [1.54, 1.807) is 30.3 Å². The largest absolute Gasteiger partial charge is 0.389 e. The second-order valence-electron chi connectivity index (χ2n) is 4.48. The molecule has 0 bridgehead atoms. The van der Waals surface area contributed by atoms with E-state index in [-0.39, 0.29) is 10.9 Å². The smallest absolute Gasteiger partial charge is 0.255 e. The lowest BCUT2D eigenvalue weighted by Crippen LogP contribution is -2.15. The average Bonchev–Trinajstić information content (AvgIpc) is 2.44. The molecule has 2 rings (SSSR count). The molecule has 0 heterocycles. The van der Waals surface area contributed by atoms with Gasteiger partial charge in [0.25, 0.3) is 5.91 Å². The number of nitrogens with one attached hydrogen (secondary N) is 1. The van der Waals surface area contributed by atoms with Gasteiger partial charge in [-0.2, -0.15) is 0 Å².